The second kappa shape index (κ2) is 5.58. The van der Waals surface area contributed by atoms with Gasteiger partial charge in [-0.25, -0.2) is 9.97 Å². The molecule has 0 atom stereocenters. The van der Waals surface area contributed by atoms with Crippen molar-refractivity contribution in [3.8, 4) is 0 Å². The number of H-pyrrole nitrogens is 1. The monoisotopic (exact) mass is 265 g/mol. The Labute approximate surface area is 111 Å². The van der Waals surface area contributed by atoms with E-state index in [1.807, 2.05) is 6.20 Å². The number of hydrogen-bond donors (Lipinski definition) is 2. The molecule has 0 unspecified atom stereocenters. The third-order valence-corrected chi connectivity index (χ3v) is 3.92. The predicted molar refractivity (Wildman–Crippen MR) is 72.6 cm³/mol. The number of nitrogens with zero attached hydrogens (tertiary/aromatic N) is 3. The van der Waals surface area contributed by atoms with Gasteiger partial charge >= 0.3 is 0 Å². The van der Waals surface area contributed by atoms with Crippen molar-refractivity contribution >= 4 is 11.3 Å². The molecule has 0 aromatic carbocycles. The normalized spacial score (nSPS) is 11.9. The zero-order valence-electron chi connectivity index (χ0n) is 11.0. The lowest BCUT2D eigenvalue weighted by Crippen LogP contribution is -2.16. The quantitative estimate of drug-likeness (QED) is 0.810. The van der Waals surface area contributed by atoms with Crippen LogP contribution in [0.15, 0.2) is 12.5 Å². The maximum absolute atomic E-state index is 4.47. The molecule has 0 amide bonds. The number of aromatic amines is 1. The Kier molecular flexibility index (Phi) is 4.08. The number of aromatic nitrogens is 4. The Morgan fingerprint density at radius 2 is 2.17 bits per heavy atom. The lowest BCUT2D eigenvalue weighted by atomic mass is 9.98. The number of thiazole rings is 1. The van der Waals surface area contributed by atoms with Crippen molar-refractivity contribution in [1.82, 2.24) is 25.5 Å². The van der Waals surface area contributed by atoms with Gasteiger partial charge in [0, 0.05) is 36.0 Å². The molecule has 0 spiro atoms. The fourth-order valence-corrected chi connectivity index (χ4v) is 2.45. The smallest absolute Gasteiger partial charge is 0.137 e. The van der Waals surface area contributed by atoms with E-state index in [1.165, 1.54) is 16.2 Å². The minimum absolute atomic E-state index is 0.142. The first-order valence-electron chi connectivity index (χ1n) is 6.06. The van der Waals surface area contributed by atoms with E-state index in [0.29, 0.717) is 0 Å². The standard InChI is InChI=1S/C12H19N5S/c1-12(2,3)11-14-7-9(18-11)6-13-5-4-10-15-8-16-17-10/h7-8,13H,4-6H2,1-3H3,(H,15,16,17). The number of hydrogen-bond acceptors (Lipinski definition) is 5. The van der Waals surface area contributed by atoms with Crippen LogP contribution >= 0.6 is 11.3 Å². The lowest BCUT2D eigenvalue weighted by molar-refractivity contribution is 0.585. The molecule has 0 bridgehead atoms. The summed E-state index contributed by atoms with van der Waals surface area (Å²) in [4.78, 5) is 9.82. The van der Waals surface area contributed by atoms with Crippen LogP contribution in [0.2, 0.25) is 0 Å². The summed E-state index contributed by atoms with van der Waals surface area (Å²) in [5.74, 6) is 0.919. The van der Waals surface area contributed by atoms with Crippen LogP contribution in [0.4, 0.5) is 0 Å². The van der Waals surface area contributed by atoms with Gasteiger partial charge in [0.25, 0.3) is 0 Å². The van der Waals surface area contributed by atoms with E-state index >= 15 is 0 Å². The average molecular weight is 265 g/mol. The van der Waals surface area contributed by atoms with Gasteiger partial charge in [0.1, 0.15) is 12.2 Å². The Balaban J connectivity index is 1.75. The van der Waals surface area contributed by atoms with Crippen LogP contribution in [0.5, 0.6) is 0 Å². The van der Waals surface area contributed by atoms with Crippen LogP contribution < -0.4 is 5.32 Å². The van der Waals surface area contributed by atoms with Gasteiger partial charge in [-0.3, -0.25) is 5.10 Å². The van der Waals surface area contributed by atoms with Crippen LogP contribution in [-0.4, -0.2) is 26.7 Å². The highest BCUT2D eigenvalue weighted by molar-refractivity contribution is 7.11. The highest BCUT2D eigenvalue weighted by Gasteiger charge is 2.17. The summed E-state index contributed by atoms with van der Waals surface area (Å²) < 4.78 is 0. The SMILES string of the molecule is CC(C)(C)c1ncc(CNCCc2ncn[nH]2)s1. The molecular formula is C12H19N5S. The molecule has 18 heavy (non-hydrogen) atoms. The summed E-state index contributed by atoms with van der Waals surface area (Å²) in [6, 6.07) is 0. The average Bonchev–Trinajstić information content (AvgIpc) is 2.95. The molecule has 2 heterocycles. The van der Waals surface area contributed by atoms with E-state index in [9.17, 15) is 0 Å². The van der Waals surface area contributed by atoms with Crippen LogP contribution in [0.1, 0.15) is 36.5 Å². The molecule has 98 valence electrons. The van der Waals surface area contributed by atoms with Gasteiger partial charge in [0.15, 0.2) is 0 Å². The Bertz CT molecular complexity index is 469. The molecule has 0 aliphatic heterocycles. The van der Waals surface area contributed by atoms with Gasteiger partial charge in [-0.1, -0.05) is 20.8 Å². The lowest BCUT2D eigenvalue weighted by Gasteiger charge is -2.13. The fourth-order valence-electron chi connectivity index (χ4n) is 1.51. The Hall–Kier alpha value is -1.27. The van der Waals surface area contributed by atoms with Crippen molar-refractivity contribution < 1.29 is 0 Å². The zero-order valence-corrected chi connectivity index (χ0v) is 11.8. The molecule has 0 aliphatic rings. The summed E-state index contributed by atoms with van der Waals surface area (Å²) in [6.45, 7) is 8.31. The summed E-state index contributed by atoms with van der Waals surface area (Å²) in [5, 5.41) is 11.2. The molecule has 6 heteroatoms. The maximum atomic E-state index is 4.47. The van der Waals surface area contributed by atoms with Crippen molar-refractivity contribution in [2.75, 3.05) is 6.54 Å². The molecule has 2 aromatic heterocycles. The molecule has 0 fully saturated rings. The second-order valence-corrected chi connectivity index (χ2v) is 6.36. The zero-order chi connectivity index (χ0) is 13.0. The predicted octanol–water partition coefficient (Wildman–Crippen LogP) is 1.89. The van der Waals surface area contributed by atoms with E-state index in [0.717, 1.165) is 25.3 Å². The maximum Gasteiger partial charge on any atom is 0.137 e. The van der Waals surface area contributed by atoms with E-state index in [4.69, 9.17) is 0 Å². The molecule has 0 saturated carbocycles. The largest absolute Gasteiger partial charge is 0.311 e. The minimum Gasteiger partial charge on any atom is -0.311 e. The molecule has 2 N–H and O–H groups in total. The Morgan fingerprint density at radius 3 is 2.78 bits per heavy atom. The molecule has 2 aromatic rings. The highest BCUT2D eigenvalue weighted by atomic mass is 32.1. The summed E-state index contributed by atoms with van der Waals surface area (Å²) in [7, 11) is 0. The van der Waals surface area contributed by atoms with Crippen molar-refractivity contribution in [3.63, 3.8) is 0 Å². The van der Waals surface area contributed by atoms with Gasteiger partial charge < -0.3 is 5.32 Å². The molecule has 2 rings (SSSR count). The van der Waals surface area contributed by atoms with E-state index < -0.39 is 0 Å². The topological polar surface area (TPSA) is 66.5 Å². The van der Waals surface area contributed by atoms with Crippen molar-refractivity contribution in [1.29, 1.82) is 0 Å². The third-order valence-electron chi connectivity index (χ3n) is 2.50. The van der Waals surface area contributed by atoms with E-state index in [2.05, 4.69) is 46.3 Å². The Morgan fingerprint density at radius 1 is 1.33 bits per heavy atom. The van der Waals surface area contributed by atoms with Crippen LogP contribution in [0.3, 0.4) is 0 Å². The van der Waals surface area contributed by atoms with E-state index in [1.54, 1.807) is 11.3 Å². The van der Waals surface area contributed by atoms with Crippen molar-refractivity contribution in [2.45, 2.75) is 39.2 Å². The third kappa shape index (κ3) is 3.61. The van der Waals surface area contributed by atoms with Crippen LogP contribution in [-0.2, 0) is 18.4 Å². The molecule has 5 nitrogen and oxygen atoms in total. The number of nitrogens with one attached hydrogen (secondary N) is 2. The number of rotatable bonds is 5. The first kappa shape index (κ1) is 13.2. The summed E-state index contributed by atoms with van der Waals surface area (Å²) in [5.41, 5.74) is 0.142. The van der Waals surface area contributed by atoms with Gasteiger partial charge in [-0.15, -0.1) is 11.3 Å². The first-order chi connectivity index (χ1) is 8.55. The van der Waals surface area contributed by atoms with Crippen molar-refractivity contribution in [2.24, 2.45) is 0 Å². The molecule has 0 radical (unpaired) electrons. The fraction of sp³-hybridized carbons (Fsp3) is 0.583. The van der Waals surface area contributed by atoms with Gasteiger partial charge in [-0.2, -0.15) is 5.10 Å². The first-order valence-corrected chi connectivity index (χ1v) is 6.87. The van der Waals surface area contributed by atoms with E-state index in [-0.39, 0.29) is 5.41 Å². The molecule has 0 saturated heterocycles. The summed E-state index contributed by atoms with van der Waals surface area (Å²) >= 11 is 1.78. The summed E-state index contributed by atoms with van der Waals surface area (Å²) in [6.07, 6.45) is 4.37. The van der Waals surface area contributed by atoms with Gasteiger partial charge in [-0.05, 0) is 0 Å². The van der Waals surface area contributed by atoms with Gasteiger partial charge in [0.05, 0.1) is 5.01 Å². The highest BCUT2D eigenvalue weighted by Crippen LogP contribution is 2.26. The van der Waals surface area contributed by atoms with Crippen LogP contribution in [0, 0.1) is 0 Å². The van der Waals surface area contributed by atoms with Crippen molar-refractivity contribution in [3.05, 3.63) is 28.2 Å². The van der Waals surface area contributed by atoms with Crippen LogP contribution in [0.25, 0.3) is 0 Å². The second-order valence-electron chi connectivity index (χ2n) is 5.24. The van der Waals surface area contributed by atoms with Gasteiger partial charge in [0.2, 0.25) is 0 Å². The molecule has 0 aliphatic carbocycles. The molecular weight excluding hydrogens is 246 g/mol. The minimum atomic E-state index is 0.142.